The number of rotatable bonds is 2. The first kappa shape index (κ1) is 21.6. The predicted octanol–water partition coefficient (Wildman–Crippen LogP) is 5.36. The number of methoxy groups -OCH3 is 1. The molecule has 6 aliphatic rings. The minimum atomic E-state index is -0.888. The average Bonchev–Trinajstić information content (AvgIpc) is 3.14. The van der Waals surface area contributed by atoms with Gasteiger partial charge in [-0.3, -0.25) is 0 Å². The molecule has 0 bridgehead atoms. The second-order valence-corrected chi connectivity index (χ2v) is 11.2. The highest BCUT2D eigenvalue weighted by Crippen LogP contribution is 2.70. The summed E-state index contributed by atoms with van der Waals surface area (Å²) >= 11 is 0. The van der Waals surface area contributed by atoms with Crippen molar-refractivity contribution in [1.29, 1.82) is 0 Å². The van der Waals surface area contributed by atoms with Crippen molar-refractivity contribution in [1.82, 2.24) is 0 Å². The summed E-state index contributed by atoms with van der Waals surface area (Å²) in [7, 11) is 1.73. The van der Waals surface area contributed by atoms with E-state index in [4.69, 9.17) is 23.7 Å². The normalized spacial score (nSPS) is 45.0. The second kappa shape index (κ2) is 7.67. The van der Waals surface area contributed by atoms with E-state index in [0.717, 1.165) is 18.6 Å². The topological polar surface area (TPSA) is 46.2 Å². The molecule has 2 aliphatic heterocycles. The molecule has 0 N–H and O–H groups in total. The fraction of sp³-hybridized carbons (Fsp3) is 0.655. The van der Waals surface area contributed by atoms with Crippen LogP contribution in [0.1, 0.15) is 51.0 Å². The first-order chi connectivity index (χ1) is 16.6. The molecular formula is C29H36O5. The molecule has 4 aliphatic carbocycles. The van der Waals surface area contributed by atoms with Gasteiger partial charge in [0, 0.05) is 11.8 Å². The van der Waals surface area contributed by atoms with Crippen LogP contribution >= 0.6 is 0 Å². The SMILES string of the molecule is COc1ccc(C2=C[C@@]3(C)[C@@H](CC45OCCOC43OCCO5)[C@@H]3CC=C4CCCC[C@@H]4[C@@H]23)cc1. The highest BCUT2D eigenvalue weighted by atomic mass is 16.8. The number of allylic oxidation sites excluding steroid dienone is 3. The maximum absolute atomic E-state index is 6.61. The summed E-state index contributed by atoms with van der Waals surface area (Å²) in [5.41, 5.74) is 4.12. The van der Waals surface area contributed by atoms with Gasteiger partial charge in [0.05, 0.1) is 33.5 Å². The predicted molar refractivity (Wildman–Crippen MR) is 128 cm³/mol. The van der Waals surface area contributed by atoms with Gasteiger partial charge >= 0.3 is 0 Å². The van der Waals surface area contributed by atoms with E-state index < -0.39 is 11.6 Å². The van der Waals surface area contributed by atoms with Gasteiger partial charge in [0.25, 0.3) is 0 Å². The van der Waals surface area contributed by atoms with Crippen molar-refractivity contribution < 1.29 is 23.7 Å². The van der Waals surface area contributed by atoms with Crippen LogP contribution in [0, 0.1) is 29.1 Å². The maximum atomic E-state index is 6.61. The molecule has 2 saturated carbocycles. The third kappa shape index (κ3) is 2.70. The van der Waals surface area contributed by atoms with Crippen molar-refractivity contribution >= 4 is 5.57 Å². The fourth-order valence-corrected chi connectivity index (χ4v) is 8.60. The molecule has 0 unspecified atom stereocenters. The fourth-order valence-electron chi connectivity index (χ4n) is 8.60. The minimum Gasteiger partial charge on any atom is -0.497 e. The molecule has 1 aromatic rings. The van der Waals surface area contributed by atoms with E-state index in [2.05, 4.69) is 43.3 Å². The first-order valence-electron chi connectivity index (χ1n) is 13.2. The minimum absolute atomic E-state index is 0.329. The van der Waals surface area contributed by atoms with Gasteiger partial charge in [-0.05, 0) is 72.6 Å². The molecule has 0 spiro atoms. The molecular weight excluding hydrogens is 428 g/mol. The lowest BCUT2D eigenvalue weighted by molar-refractivity contribution is -0.468. The molecule has 7 rings (SSSR count). The molecule has 2 saturated heterocycles. The van der Waals surface area contributed by atoms with Crippen LogP contribution in [-0.2, 0) is 18.9 Å². The van der Waals surface area contributed by atoms with Crippen molar-refractivity contribution in [2.24, 2.45) is 29.1 Å². The molecule has 2 heterocycles. The molecule has 5 atom stereocenters. The lowest BCUT2D eigenvalue weighted by Crippen LogP contribution is -2.69. The molecule has 5 heteroatoms. The van der Waals surface area contributed by atoms with Gasteiger partial charge < -0.3 is 23.7 Å². The molecule has 4 fully saturated rings. The van der Waals surface area contributed by atoms with Crippen LogP contribution in [-0.4, -0.2) is 45.1 Å². The number of ether oxygens (including phenoxy) is 5. The van der Waals surface area contributed by atoms with E-state index in [9.17, 15) is 0 Å². The maximum Gasteiger partial charge on any atom is 0.233 e. The summed E-state index contributed by atoms with van der Waals surface area (Å²) in [6, 6.07) is 8.67. The van der Waals surface area contributed by atoms with E-state index >= 15 is 0 Å². The lowest BCUT2D eigenvalue weighted by Gasteiger charge is -2.57. The summed E-state index contributed by atoms with van der Waals surface area (Å²) in [5.74, 6) is 1.26. The van der Waals surface area contributed by atoms with E-state index in [1.54, 1.807) is 12.7 Å². The Labute approximate surface area is 202 Å². The third-order valence-electron chi connectivity index (χ3n) is 9.93. The Hall–Kier alpha value is -1.66. The van der Waals surface area contributed by atoms with Crippen LogP contribution in [0.3, 0.4) is 0 Å². The largest absolute Gasteiger partial charge is 0.497 e. The standard InChI is InChI=1S/C29H36O5/c1-27-17-24(20-7-10-21(30-2)11-8-20)26-22-6-4-3-5-19(22)9-12-23(26)25(27)18-28-29(27,33-15-13-31-28)34-16-14-32-28/h7-11,17,22-23,25-26H,3-6,12-16,18H2,1-2H3/t22-,23-,25-,26+,27-,28?,29?/m0/s1. The zero-order valence-corrected chi connectivity index (χ0v) is 20.4. The average molecular weight is 465 g/mol. The zero-order chi connectivity index (χ0) is 23.0. The molecule has 182 valence electrons. The highest BCUT2D eigenvalue weighted by molar-refractivity contribution is 5.72. The number of benzene rings is 1. The summed E-state index contributed by atoms with van der Waals surface area (Å²) in [5, 5.41) is 0. The highest BCUT2D eigenvalue weighted by Gasteiger charge is 2.78. The van der Waals surface area contributed by atoms with Gasteiger partial charge in [-0.15, -0.1) is 0 Å². The van der Waals surface area contributed by atoms with E-state index in [-0.39, 0.29) is 5.41 Å². The van der Waals surface area contributed by atoms with Crippen molar-refractivity contribution in [3.8, 4) is 5.75 Å². The number of fused-ring (bicyclic) bond motifs is 5. The van der Waals surface area contributed by atoms with Gasteiger partial charge in [0.2, 0.25) is 11.6 Å². The summed E-state index contributed by atoms with van der Waals surface area (Å²) in [4.78, 5) is 0. The van der Waals surface area contributed by atoms with Gasteiger partial charge in [-0.2, -0.15) is 0 Å². The van der Waals surface area contributed by atoms with Crippen LogP contribution in [0.2, 0.25) is 0 Å². The third-order valence-corrected chi connectivity index (χ3v) is 9.93. The lowest BCUT2D eigenvalue weighted by atomic mass is 9.52. The molecule has 5 nitrogen and oxygen atoms in total. The van der Waals surface area contributed by atoms with Crippen molar-refractivity contribution in [3.05, 3.63) is 47.6 Å². The number of hydrogen-bond donors (Lipinski definition) is 0. The van der Waals surface area contributed by atoms with Crippen molar-refractivity contribution in [2.75, 3.05) is 33.5 Å². The van der Waals surface area contributed by atoms with Gasteiger partial charge in [0.1, 0.15) is 5.75 Å². The first-order valence-corrected chi connectivity index (χ1v) is 13.2. The van der Waals surface area contributed by atoms with Crippen LogP contribution in [0.4, 0.5) is 0 Å². The second-order valence-electron chi connectivity index (χ2n) is 11.2. The Kier molecular flexibility index (Phi) is 4.87. The molecule has 0 amide bonds. The molecule has 0 radical (unpaired) electrons. The quantitative estimate of drug-likeness (QED) is 0.552. The van der Waals surface area contributed by atoms with Crippen LogP contribution in [0.15, 0.2) is 42.0 Å². The van der Waals surface area contributed by atoms with E-state index in [0.29, 0.717) is 50.1 Å². The Morgan fingerprint density at radius 1 is 0.941 bits per heavy atom. The summed E-state index contributed by atoms with van der Waals surface area (Å²) in [6.07, 6.45) is 12.3. The van der Waals surface area contributed by atoms with Crippen LogP contribution in [0.5, 0.6) is 5.75 Å². The van der Waals surface area contributed by atoms with Gasteiger partial charge in [-0.1, -0.05) is 43.2 Å². The smallest absolute Gasteiger partial charge is 0.233 e. The van der Waals surface area contributed by atoms with Gasteiger partial charge in [0.15, 0.2) is 0 Å². The zero-order valence-electron chi connectivity index (χ0n) is 20.4. The van der Waals surface area contributed by atoms with E-state index in [1.165, 1.54) is 36.8 Å². The summed E-state index contributed by atoms with van der Waals surface area (Å²) < 4.78 is 31.6. The van der Waals surface area contributed by atoms with Crippen LogP contribution < -0.4 is 4.74 Å². The molecule has 34 heavy (non-hydrogen) atoms. The Bertz CT molecular complexity index is 1010. The molecule has 0 aromatic heterocycles. The number of hydrogen-bond acceptors (Lipinski definition) is 5. The van der Waals surface area contributed by atoms with Gasteiger partial charge in [-0.25, -0.2) is 0 Å². The van der Waals surface area contributed by atoms with E-state index in [1.807, 2.05) is 0 Å². The summed E-state index contributed by atoms with van der Waals surface area (Å²) in [6.45, 7) is 4.55. The van der Waals surface area contributed by atoms with Crippen molar-refractivity contribution in [3.63, 3.8) is 0 Å². The Morgan fingerprint density at radius 3 is 2.41 bits per heavy atom. The molecule has 1 aromatic carbocycles. The van der Waals surface area contributed by atoms with Crippen LogP contribution in [0.25, 0.3) is 5.57 Å². The van der Waals surface area contributed by atoms with Crippen molar-refractivity contribution in [2.45, 2.75) is 57.0 Å². The Morgan fingerprint density at radius 2 is 1.68 bits per heavy atom. The monoisotopic (exact) mass is 464 g/mol. The Balaban J connectivity index is 1.42.